The molecule has 1 aliphatic heterocycles. The first-order valence-corrected chi connectivity index (χ1v) is 11.3. The van der Waals surface area contributed by atoms with E-state index in [0.29, 0.717) is 27.7 Å². The van der Waals surface area contributed by atoms with E-state index in [2.05, 4.69) is 20.3 Å². The van der Waals surface area contributed by atoms with E-state index in [1.54, 1.807) is 36.5 Å². The number of fused-ring (bicyclic) bond motifs is 2. The monoisotopic (exact) mass is 472 g/mol. The number of hydrogen-bond donors (Lipinski definition) is 0. The van der Waals surface area contributed by atoms with Crippen LogP contribution in [0.25, 0.3) is 10.2 Å². The fourth-order valence-corrected chi connectivity index (χ4v) is 5.42. The maximum atomic E-state index is 12.8. The third-order valence-electron chi connectivity index (χ3n) is 4.92. The summed E-state index contributed by atoms with van der Waals surface area (Å²) in [7, 11) is 0. The highest BCUT2D eigenvalue weighted by molar-refractivity contribution is 8.01. The van der Waals surface area contributed by atoms with Gasteiger partial charge in [-0.25, -0.2) is 14.6 Å². The highest BCUT2D eigenvalue weighted by Crippen LogP contribution is 2.37. The molecule has 1 aliphatic rings. The van der Waals surface area contributed by atoms with Crippen molar-refractivity contribution in [1.29, 1.82) is 0 Å². The summed E-state index contributed by atoms with van der Waals surface area (Å²) in [6.45, 7) is 0. The molecule has 0 saturated carbocycles. The first kappa shape index (κ1) is 19.6. The number of nitrogens with zero attached hydrogens (tertiary/aromatic N) is 6. The summed E-state index contributed by atoms with van der Waals surface area (Å²) >= 11 is 2.85. The van der Waals surface area contributed by atoms with Gasteiger partial charge in [-0.05, 0) is 54.2 Å². The normalized spacial score (nSPS) is 13.5. The van der Waals surface area contributed by atoms with Crippen LogP contribution in [0, 0.1) is 0 Å². The number of hydrogen-bond acceptors (Lipinski definition) is 9. The van der Waals surface area contributed by atoms with E-state index in [0.717, 1.165) is 14.6 Å². The van der Waals surface area contributed by atoms with Gasteiger partial charge in [0.1, 0.15) is 18.4 Å². The molecule has 0 fully saturated rings. The Balaban J connectivity index is 1.23. The lowest BCUT2D eigenvalue weighted by atomic mass is 10.1. The predicted molar refractivity (Wildman–Crippen MR) is 123 cm³/mol. The molecule has 2 aromatic carbocycles. The average molecular weight is 473 g/mol. The molecule has 0 spiro atoms. The molecular formula is C22H12N6O3S2. The van der Waals surface area contributed by atoms with Crippen LogP contribution in [0.15, 0.2) is 86.2 Å². The average Bonchev–Trinajstić information content (AvgIpc) is 3.61. The lowest BCUT2D eigenvalue weighted by molar-refractivity contribution is 0.0926. The van der Waals surface area contributed by atoms with Gasteiger partial charge in [0.25, 0.3) is 11.8 Å². The summed E-state index contributed by atoms with van der Waals surface area (Å²) in [4.78, 5) is 31.4. The quantitative estimate of drug-likeness (QED) is 0.277. The largest absolute Gasteiger partial charge is 0.448 e. The van der Waals surface area contributed by atoms with E-state index >= 15 is 0 Å². The van der Waals surface area contributed by atoms with Crippen molar-refractivity contribution in [2.24, 2.45) is 5.10 Å². The number of furan rings is 1. The fraction of sp³-hybridized carbons (Fsp3) is 0. The Morgan fingerprint density at radius 1 is 0.970 bits per heavy atom. The van der Waals surface area contributed by atoms with Crippen molar-refractivity contribution in [3.63, 3.8) is 0 Å². The van der Waals surface area contributed by atoms with Gasteiger partial charge in [0.15, 0.2) is 9.43 Å². The third-order valence-corrected chi connectivity index (χ3v) is 6.92. The summed E-state index contributed by atoms with van der Waals surface area (Å²) in [6, 6.07) is 15.9. The maximum Gasteiger partial charge on any atom is 0.266 e. The lowest BCUT2D eigenvalue weighted by Crippen LogP contribution is -2.29. The van der Waals surface area contributed by atoms with Gasteiger partial charge >= 0.3 is 0 Å². The molecule has 9 nitrogen and oxygen atoms in total. The van der Waals surface area contributed by atoms with E-state index in [-0.39, 0.29) is 11.8 Å². The Labute approximate surface area is 194 Å². The van der Waals surface area contributed by atoms with Crippen LogP contribution in [0.3, 0.4) is 0 Å². The molecule has 0 aliphatic carbocycles. The Hall–Kier alpha value is -4.09. The number of benzene rings is 2. The molecule has 4 heterocycles. The highest BCUT2D eigenvalue weighted by Gasteiger charge is 2.36. The van der Waals surface area contributed by atoms with E-state index in [4.69, 9.17) is 4.42 Å². The number of carbonyl (C=O) groups is 2. The smallest absolute Gasteiger partial charge is 0.266 e. The molecule has 11 heteroatoms. The van der Waals surface area contributed by atoms with Crippen LogP contribution in [-0.2, 0) is 0 Å². The van der Waals surface area contributed by atoms with E-state index in [1.165, 1.54) is 45.3 Å². The van der Waals surface area contributed by atoms with E-state index in [9.17, 15) is 9.59 Å². The molecule has 33 heavy (non-hydrogen) atoms. The summed E-state index contributed by atoms with van der Waals surface area (Å²) in [6.07, 6.45) is 4.53. The minimum atomic E-state index is -0.315. The Bertz CT molecular complexity index is 1520. The molecule has 0 unspecified atom stereocenters. The van der Waals surface area contributed by atoms with Crippen LogP contribution < -0.4 is 4.90 Å². The van der Waals surface area contributed by atoms with Crippen LogP contribution in [0.5, 0.6) is 0 Å². The van der Waals surface area contributed by atoms with Crippen LogP contribution in [0.2, 0.25) is 0 Å². The lowest BCUT2D eigenvalue weighted by Gasteiger charge is -2.13. The zero-order chi connectivity index (χ0) is 22.4. The molecule has 0 bridgehead atoms. The first-order chi connectivity index (χ1) is 16.2. The topological polar surface area (TPSA) is 106 Å². The second-order valence-corrected chi connectivity index (χ2v) is 9.25. The number of amides is 2. The van der Waals surface area contributed by atoms with Crippen molar-refractivity contribution in [3.8, 4) is 0 Å². The van der Waals surface area contributed by atoms with Gasteiger partial charge in [0.2, 0.25) is 0 Å². The van der Waals surface area contributed by atoms with Crippen molar-refractivity contribution >= 4 is 57.0 Å². The van der Waals surface area contributed by atoms with E-state index < -0.39 is 0 Å². The van der Waals surface area contributed by atoms with Crippen molar-refractivity contribution in [2.75, 3.05) is 4.90 Å². The van der Waals surface area contributed by atoms with Crippen LogP contribution >= 0.6 is 23.1 Å². The molecule has 0 saturated heterocycles. The second-order valence-electron chi connectivity index (χ2n) is 6.97. The van der Waals surface area contributed by atoms with Gasteiger partial charge in [-0.2, -0.15) is 5.10 Å². The molecule has 3 aromatic heterocycles. The standard InChI is InChI=1S/C22H12N6O3S2/c29-20-15-3-1-2-4-16(15)21(30)28(20)13-5-7-17-18(9-13)32-22(26-17)33-19-8-6-14(31-19)10-25-27-11-23-24-12-27/h1-12H. The zero-order valence-corrected chi connectivity index (χ0v) is 18.3. The highest BCUT2D eigenvalue weighted by atomic mass is 32.2. The first-order valence-electron chi connectivity index (χ1n) is 9.71. The zero-order valence-electron chi connectivity index (χ0n) is 16.7. The van der Waals surface area contributed by atoms with Gasteiger partial charge in [0, 0.05) is 0 Å². The predicted octanol–water partition coefficient (Wildman–Crippen LogP) is 4.31. The van der Waals surface area contributed by atoms with E-state index in [1.807, 2.05) is 24.3 Å². The second kappa shape index (κ2) is 7.80. The third kappa shape index (κ3) is 3.52. The summed E-state index contributed by atoms with van der Waals surface area (Å²) in [5, 5.41) is 12.2. The van der Waals surface area contributed by atoms with Gasteiger partial charge in [0.05, 0.1) is 33.2 Å². The maximum absolute atomic E-state index is 12.8. The SMILES string of the molecule is O=C1c2ccccc2C(=O)N1c1ccc2nc(Sc3ccc(C=Nn4cnnc4)o3)sc2c1. The molecule has 2 amide bonds. The fourth-order valence-electron chi connectivity index (χ4n) is 3.42. The number of carbonyl (C=O) groups excluding carboxylic acids is 2. The molecule has 5 aromatic rings. The summed E-state index contributed by atoms with van der Waals surface area (Å²) < 4.78 is 8.89. The van der Waals surface area contributed by atoms with Gasteiger partial charge in [-0.3, -0.25) is 9.59 Å². The van der Waals surface area contributed by atoms with Gasteiger partial charge < -0.3 is 4.42 Å². The van der Waals surface area contributed by atoms with Crippen molar-refractivity contribution in [3.05, 3.63) is 84.1 Å². The molecule has 0 atom stereocenters. The molecule has 160 valence electrons. The number of aromatic nitrogens is 4. The minimum absolute atomic E-state index is 0.315. The molecule has 0 radical (unpaired) electrons. The minimum Gasteiger partial charge on any atom is -0.448 e. The number of rotatable bonds is 5. The Morgan fingerprint density at radius 2 is 1.73 bits per heavy atom. The summed E-state index contributed by atoms with van der Waals surface area (Å²) in [5.41, 5.74) is 2.15. The van der Waals surface area contributed by atoms with Gasteiger partial charge in [-0.1, -0.05) is 12.1 Å². The number of thiazole rings is 1. The Kier molecular flexibility index (Phi) is 4.63. The van der Waals surface area contributed by atoms with Gasteiger partial charge in [-0.15, -0.1) is 21.5 Å². The van der Waals surface area contributed by atoms with Crippen LogP contribution in [0.1, 0.15) is 26.5 Å². The van der Waals surface area contributed by atoms with Crippen molar-refractivity contribution < 1.29 is 14.0 Å². The van der Waals surface area contributed by atoms with Crippen LogP contribution in [-0.4, -0.2) is 37.9 Å². The molecular weight excluding hydrogens is 460 g/mol. The Morgan fingerprint density at radius 3 is 2.48 bits per heavy atom. The summed E-state index contributed by atoms with van der Waals surface area (Å²) in [5.74, 6) is -0.0455. The van der Waals surface area contributed by atoms with Crippen molar-refractivity contribution in [2.45, 2.75) is 9.43 Å². The molecule has 0 N–H and O–H groups in total. The number of imide groups is 1. The molecule has 6 rings (SSSR count). The van der Waals surface area contributed by atoms with Crippen molar-refractivity contribution in [1.82, 2.24) is 19.9 Å². The number of anilines is 1. The van der Waals surface area contributed by atoms with Crippen LogP contribution in [0.4, 0.5) is 5.69 Å².